The second-order valence-corrected chi connectivity index (χ2v) is 4.36. The molecule has 19 heavy (non-hydrogen) atoms. The first-order valence-corrected chi connectivity index (χ1v) is 5.80. The number of nitrogens with one attached hydrogen (secondary N) is 1. The van der Waals surface area contributed by atoms with E-state index in [2.05, 4.69) is 10.3 Å². The van der Waals surface area contributed by atoms with Gasteiger partial charge in [-0.25, -0.2) is 4.98 Å². The molecule has 0 spiro atoms. The monoisotopic (exact) mass is 278 g/mol. The number of halogens is 1. The third kappa shape index (κ3) is 2.95. The summed E-state index contributed by atoms with van der Waals surface area (Å²) in [6, 6.07) is 5.39. The second-order valence-electron chi connectivity index (χ2n) is 4.01. The Morgan fingerprint density at radius 2 is 2.05 bits per heavy atom. The zero-order valence-corrected chi connectivity index (χ0v) is 10.8. The predicted molar refractivity (Wildman–Crippen MR) is 71.7 cm³/mol. The minimum Gasteiger partial charge on any atom is -0.508 e. The average Bonchev–Trinajstić information content (AvgIpc) is 2.33. The van der Waals surface area contributed by atoms with Crippen molar-refractivity contribution in [1.29, 1.82) is 0 Å². The van der Waals surface area contributed by atoms with Crippen LogP contribution in [-0.2, 0) is 0 Å². The third-order valence-corrected chi connectivity index (χ3v) is 2.75. The molecule has 0 aliphatic rings. The molecule has 0 fully saturated rings. The number of benzene rings is 1. The normalized spacial score (nSPS) is 10.2. The topological polar surface area (TPSA) is 82.5 Å². The minimum absolute atomic E-state index is 0.0374. The molecule has 0 atom stereocenters. The average molecular weight is 279 g/mol. The van der Waals surface area contributed by atoms with Crippen LogP contribution >= 0.6 is 11.6 Å². The van der Waals surface area contributed by atoms with Gasteiger partial charge >= 0.3 is 0 Å². The standard InChI is InChI=1S/C13H11ClN2O3/c1-7-4-10(12(14)15-6-7)16-13(19)9-3-2-8(17)5-11(9)18/h2-6,17-18H,1H3,(H,16,19). The zero-order chi connectivity index (χ0) is 14.0. The van der Waals surface area contributed by atoms with Gasteiger partial charge in [-0.05, 0) is 30.7 Å². The molecule has 0 saturated heterocycles. The highest BCUT2D eigenvalue weighted by atomic mass is 35.5. The molecule has 0 aliphatic carbocycles. The Hall–Kier alpha value is -2.27. The molecule has 0 bridgehead atoms. The lowest BCUT2D eigenvalue weighted by Gasteiger charge is -2.08. The molecule has 6 heteroatoms. The van der Waals surface area contributed by atoms with Gasteiger partial charge in [0, 0.05) is 12.3 Å². The van der Waals surface area contributed by atoms with Crippen LogP contribution in [0.1, 0.15) is 15.9 Å². The first kappa shape index (κ1) is 13.2. The van der Waals surface area contributed by atoms with Gasteiger partial charge in [0.1, 0.15) is 11.5 Å². The number of phenolic OH excluding ortho intramolecular Hbond substituents is 2. The molecule has 2 rings (SSSR count). The first-order chi connectivity index (χ1) is 8.97. The molecule has 1 amide bonds. The van der Waals surface area contributed by atoms with E-state index in [-0.39, 0.29) is 22.2 Å². The van der Waals surface area contributed by atoms with Gasteiger partial charge in [0.15, 0.2) is 5.15 Å². The maximum Gasteiger partial charge on any atom is 0.259 e. The van der Waals surface area contributed by atoms with Crippen LogP contribution in [-0.4, -0.2) is 21.1 Å². The zero-order valence-electron chi connectivity index (χ0n) is 10.0. The fourth-order valence-electron chi connectivity index (χ4n) is 1.54. The lowest BCUT2D eigenvalue weighted by atomic mass is 10.1. The number of pyridine rings is 1. The summed E-state index contributed by atoms with van der Waals surface area (Å²) in [6.07, 6.45) is 1.58. The summed E-state index contributed by atoms with van der Waals surface area (Å²) in [5.74, 6) is -0.967. The molecule has 3 N–H and O–H groups in total. The lowest BCUT2D eigenvalue weighted by Crippen LogP contribution is -2.12. The number of nitrogens with zero attached hydrogens (tertiary/aromatic N) is 1. The fraction of sp³-hybridized carbons (Fsp3) is 0.0769. The third-order valence-electron chi connectivity index (χ3n) is 2.45. The molecule has 1 aromatic heterocycles. The number of carbonyl (C=O) groups is 1. The van der Waals surface area contributed by atoms with Crippen LogP contribution < -0.4 is 5.32 Å². The van der Waals surface area contributed by atoms with E-state index >= 15 is 0 Å². The lowest BCUT2D eigenvalue weighted by molar-refractivity contribution is 0.102. The number of amides is 1. The number of anilines is 1. The van der Waals surface area contributed by atoms with E-state index in [1.807, 2.05) is 6.92 Å². The van der Waals surface area contributed by atoms with Crippen molar-refractivity contribution in [2.45, 2.75) is 6.92 Å². The Bertz CT molecular complexity index is 644. The van der Waals surface area contributed by atoms with E-state index in [1.165, 1.54) is 12.1 Å². The number of aryl methyl sites for hydroxylation is 1. The Labute approximate surface area is 114 Å². The minimum atomic E-state index is -0.535. The van der Waals surface area contributed by atoms with E-state index in [9.17, 15) is 9.90 Å². The number of hydrogen-bond acceptors (Lipinski definition) is 4. The molecule has 0 unspecified atom stereocenters. The first-order valence-electron chi connectivity index (χ1n) is 5.43. The van der Waals surface area contributed by atoms with Crippen molar-refractivity contribution in [2.75, 3.05) is 5.32 Å². The van der Waals surface area contributed by atoms with E-state index < -0.39 is 5.91 Å². The number of carbonyl (C=O) groups excluding carboxylic acids is 1. The van der Waals surface area contributed by atoms with Gasteiger partial charge in [0.2, 0.25) is 0 Å². The Balaban J connectivity index is 2.28. The predicted octanol–water partition coefficient (Wildman–Crippen LogP) is 2.71. The number of rotatable bonds is 2. The van der Waals surface area contributed by atoms with E-state index in [0.29, 0.717) is 5.69 Å². The van der Waals surface area contributed by atoms with Crippen LogP contribution in [0.5, 0.6) is 11.5 Å². The summed E-state index contributed by atoms with van der Waals surface area (Å²) >= 11 is 5.86. The van der Waals surface area contributed by atoms with E-state index in [0.717, 1.165) is 11.6 Å². The summed E-state index contributed by atoms with van der Waals surface area (Å²) in [6.45, 7) is 1.82. The SMILES string of the molecule is Cc1cnc(Cl)c(NC(=O)c2ccc(O)cc2O)c1. The summed E-state index contributed by atoms with van der Waals surface area (Å²) in [7, 11) is 0. The highest BCUT2D eigenvalue weighted by Gasteiger charge is 2.13. The van der Waals surface area contributed by atoms with Crippen LogP contribution in [0.2, 0.25) is 5.15 Å². The number of aromatic nitrogens is 1. The van der Waals surface area contributed by atoms with Crippen LogP contribution in [0.4, 0.5) is 5.69 Å². The van der Waals surface area contributed by atoms with Crippen LogP contribution in [0.15, 0.2) is 30.5 Å². The van der Waals surface area contributed by atoms with E-state index in [1.54, 1.807) is 12.3 Å². The van der Waals surface area contributed by atoms with Crippen molar-refractivity contribution in [2.24, 2.45) is 0 Å². The molecule has 0 aliphatic heterocycles. The second kappa shape index (κ2) is 5.16. The molecule has 0 saturated carbocycles. The summed E-state index contributed by atoms with van der Waals surface area (Å²) in [5, 5.41) is 21.5. The van der Waals surface area contributed by atoms with Crippen LogP contribution in [0.25, 0.3) is 0 Å². The van der Waals surface area contributed by atoms with Crippen molar-refractivity contribution in [3.63, 3.8) is 0 Å². The van der Waals surface area contributed by atoms with Crippen LogP contribution in [0, 0.1) is 6.92 Å². The van der Waals surface area contributed by atoms with Gasteiger partial charge in [-0.3, -0.25) is 4.79 Å². The van der Waals surface area contributed by atoms with Crippen molar-refractivity contribution < 1.29 is 15.0 Å². The molecular formula is C13H11ClN2O3. The van der Waals surface area contributed by atoms with Gasteiger partial charge in [0.25, 0.3) is 5.91 Å². The molecule has 1 aromatic carbocycles. The fourth-order valence-corrected chi connectivity index (χ4v) is 1.69. The summed E-state index contributed by atoms with van der Waals surface area (Å²) in [5.41, 5.74) is 1.24. The molecule has 1 heterocycles. The van der Waals surface area contributed by atoms with Crippen LogP contribution in [0.3, 0.4) is 0 Å². The van der Waals surface area contributed by atoms with Gasteiger partial charge in [-0.15, -0.1) is 0 Å². The quantitative estimate of drug-likeness (QED) is 0.738. The number of aromatic hydroxyl groups is 2. The van der Waals surface area contributed by atoms with Crippen molar-refractivity contribution in [1.82, 2.24) is 4.98 Å². The molecule has 98 valence electrons. The smallest absolute Gasteiger partial charge is 0.259 e. The molecule has 0 radical (unpaired) electrons. The molecular weight excluding hydrogens is 268 g/mol. The van der Waals surface area contributed by atoms with Crippen molar-refractivity contribution in [3.8, 4) is 11.5 Å². The van der Waals surface area contributed by atoms with E-state index in [4.69, 9.17) is 16.7 Å². The van der Waals surface area contributed by atoms with Gasteiger partial charge < -0.3 is 15.5 Å². The van der Waals surface area contributed by atoms with Crippen molar-refractivity contribution >= 4 is 23.2 Å². The Morgan fingerprint density at radius 1 is 1.32 bits per heavy atom. The van der Waals surface area contributed by atoms with Gasteiger partial charge in [-0.1, -0.05) is 11.6 Å². The summed E-state index contributed by atoms with van der Waals surface area (Å²) < 4.78 is 0. The summed E-state index contributed by atoms with van der Waals surface area (Å²) in [4.78, 5) is 15.9. The highest BCUT2D eigenvalue weighted by molar-refractivity contribution is 6.32. The van der Waals surface area contributed by atoms with Crippen molar-refractivity contribution in [3.05, 3.63) is 46.7 Å². The largest absolute Gasteiger partial charge is 0.508 e. The molecule has 5 nitrogen and oxygen atoms in total. The Morgan fingerprint density at radius 3 is 2.74 bits per heavy atom. The Kier molecular flexibility index (Phi) is 3.57. The number of hydrogen-bond donors (Lipinski definition) is 3. The van der Waals surface area contributed by atoms with Gasteiger partial charge in [0.05, 0.1) is 11.3 Å². The number of phenols is 2. The maximum atomic E-state index is 12.0. The molecule has 2 aromatic rings. The van der Waals surface area contributed by atoms with Gasteiger partial charge in [-0.2, -0.15) is 0 Å². The maximum absolute atomic E-state index is 12.0. The highest BCUT2D eigenvalue weighted by Crippen LogP contribution is 2.25.